The second kappa shape index (κ2) is 11.4. The van der Waals surface area contributed by atoms with Gasteiger partial charge in [0.2, 0.25) is 5.91 Å². The predicted molar refractivity (Wildman–Crippen MR) is 156 cm³/mol. The summed E-state index contributed by atoms with van der Waals surface area (Å²) in [6, 6.07) is 25.4. The average Bonchev–Trinajstić information content (AvgIpc) is 3.34. The molecule has 0 fully saturated rings. The molecule has 0 saturated carbocycles. The molecule has 0 saturated heterocycles. The molecule has 0 bridgehead atoms. The standard InChI is InChI=1S/C30H28ClN5OS/c1-4-23-26-28(36(35-23)21-15-10-7-11-16-21)33-27(20-13-8-6-9-14-20)34-30(26)38-25(5-2)29(37)32-24-18-12-17-22(31)19(24)3/h6-18,25H,4-5H2,1-3H3,(H,32,37). The van der Waals surface area contributed by atoms with Crippen molar-refractivity contribution in [2.45, 2.75) is 43.9 Å². The number of aromatic nitrogens is 4. The van der Waals surface area contributed by atoms with Gasteiger partial charge in [0.1, 0.15) is 5.03 Å². The van der Waals surface area contributed by atoms with E-state index in [1.165, 1.54) is 11.8 Å². The van der Waals surface area contributed by atoms with Crippen LogP contribution in [0.3, 0.4) is 0 Å². The molecule has 0 radical (unpaired) electrons. The van der Waals surface area contributed by atoms with E-state index >= 15 is 0 Å². The van der Waals surface area contributed by atoms with Gasteiger partial charge in [-0.15, -0.1) is 0 Å². The largest absolute Gasteiger partial charge is 0.325 e. The van der Waals surface area contributed by atoms with Gasteiger partial charge in [0.05, 0.1) is 22.0 Å². The maximum Gasteiger partial charge on any atom is 0.237 e. The van der Waals surface area contributed by atoms with E-state index in [2.05, 4.69) is 12.2 Å². The normalized spacial score (nSPS) is 12.0. The van der Waals surface area contributed by atoms with Gasteiger partial charge >= 0.3 is 0 Å². The minimum Gasteiger partial charge on any atom is -0.325 e. The molecule has 3 aromatic carbocycles. The molecule has 5 aromatic rings. The van der Waals surface area contributed by atoms with Crippen molar-refractivity contribution in [2.75, 3.05) is 5.32 Å². The predicted octanol–water partition coefficient (Wildman–Crippen LogP) is 7.52. The lowest BCUT2D eigenvalue weighted by molar-refractivity contribution is -0.115. The molecule has 38 heavy (non-hydrogen) atoms. The molecular formula is C30H28ClN5OS. The molecular weight excluding hydrogens is 514 g/mol. The fraction of sp³-hybridized carbons (Fsp3) is 0.200. The Labute approximate surface area is 231 Å². The number of hydrogen-bond donors (Lipinski definition) is 1. The third-order valence-corrected chi connectivity index (χ3v) is 8.14. The van der Waals surface area contributed by atoms with Crippen LogP contribution in [0, 0.1) is 6.92 Å². The molecule has 1 amide bonds. The second-order valence-corrected chi connectivity index (χ2v) is 10.5. The first kappa shape index (κ1) is 25.9. The number of benzene rings is 3. The number of amides is 1. The molecule has 1 unspecified atom stereocenters. The zero-order valence-corrected chi connectivity index (χ0v) is 23.1. The van der Waals surface area contributed by atoms with Crippen molar-refractivity contribution in [3.8, 4) is 17.1 Å². The smallest absolute Gasteiger partial charge is 0.237 e. The lowest BCUT2D eigenvalue weighted by atomic mass is 10.2. The summed E-state index contributed by atoms with van der Waals surface area (Å²) in [6.07, 6.45) is 1.33. The van der Waals surface area contributed by atoms with Crippen LogP contribution < -0.4 is 5.32 Å². The zero-order valence-electron chi connectivity index (χ0n) is 21.5. The van der Waals surface area contributed by atoms with E-state index in [0.29, 0.717) is 29.4 Å². The highest BCUT2D eigenvalue weighted by molar-refractivity contribution is 8.00. The number of anilines is 1. The van der Waals surface area contributed by atoms with E-state index < -0.39 is 0 Å². The number of hydrogen-bond acceptors (Lipinski definition) is 5. The van der Waals surface area contributed by atoms with Crippen molar-refractivity contribution in [1.82, 2.24) is 19.7 Å². The fourth-order valence-electron chi connectivity index (χ4n) is 4.26. The van der Waals surface area contributed by atoms with Gasteiger partial charge in [-0.25, -0.2) is 14.6 Å². The molecule has 2 heterocycles. The van der Waals surface area contributed by atoms with Crippen molar-refractivity contribution >= 4 is 46.0 Å². The van der Waals surface area contributed by atoms with E-state index in [9.17, 15) is 4.79 Å². The summed E-state index contributed by atoms with van der Waals surface area (Å²) in [6.45, 7) is 5.98. The molecule has 0 aliphatic heterocycles. The van der Waals surface area contributed by atoms with Gasteiger partial charge in [0, 0.05) is 16.3 Å². The maximum absolute atomic E-state index is 13.4. The van der Waals surface area contributed by atoms with Crippen molar-refractivity contribution < 1.29 is 4.79 Å². The van der Waals surface area contributed by atoms with Gasteiger partial charge < -0.3 is 5.32 Å². The van der Waals surface area contributed by atoms with Crippen molar-refractivity contribution in [2.24, 2.45) is 0 Å². The first-order chi connectivity index (χ1) is 18.5. The van der Waals surface area contributed by atoms with Crippen molar-refractivity contribution in [3.63, 3.8) is 0 Å². The van der Waals surface area contributed by atoms with Crippen LogP contribution in [-0.2, 0) is 11.2 Å². The molecule has 0 aliphatic carbocycles. The van der Waals surface area contributed by atoms with Gasteiger partial charge in [0.25, 0.3) is 0 Å². The molecule has 0 spiro atoms. The van der Waals surface area contributed by atoms with Gasteiger partial charge in [-0.3, -0.25) is 4.79 Å². The molecule has 2 aromatic heterocycles. The van der Waals surface area contributed by atoms with Crippen LogP contribution in [-0.4, -0.2) is 30.9 Å². The van der Waals surface area contributed by atoms with E-state index in [0.717, 1.165) is 38.6 Å². The second-order valence-electron chi connectivity index (χ2n) is 8.88. The summed E-state index contributed by atoms with van der Waals surface area (Å²) >= 11 is 7.74. The molecule has 5 rings (SSSR count). The van der Waals surface area contributed by atoms with Crippen LogP contribution in [0.2, 0.25) is 5.02 Å². The third kappa shape index (κ3) is 5.17. The molecule has 1 atom stereocenters. The first-order valence-electron chi connectivity index (χ1n) is 12.6. The van der Waals surface area contributed by atoms with E-state index in [4.69, 9.17) is 26.7 Å². The van der Waals surface area contributed by atoms with Crippen LogP contribution in [0.4, 0.5) is 5.69 Å². The molecule has 1 N–H and O–H groups in total. The molecule has 0 aliphatic rings. The van der Waals surface area contributed by atoms with Gasteiger partial charge in [0.15, 0.2) is 11.5 Å². The number of rotatable bonds is 8. The summed E-state index contributed by atoms with van der Waals surface area (Å²) in [5.74, 6) is 0.505. The van der Waals surface area contributed by atoms with Crippen LogP contribution in [0.25, 0.3) is 28.1 Å². The number of aryl methyl sites for hydroxylation is 1. The highest BCUT2D eigenvalue weighted by Crippen LogP contribution is 2.36. The average molecular weight is 542 g/mol. The van der Waals surface area contributed by atoms with Crippen LogP contribution in [0.1, 0.15) is 31.5 Å². The molecule has 6 nitrogen and oxygen atoms in total. The summed E-state index contributed by atoms with van der Waals surface area (Å²) in [4.78, 5) is 23.4. The number of nitrogens with zero attached hydrogens (tertiary/aromatic N) is 4. The number of fused-ring (bicyclic) bond motifs is 1. The van der Waals surface area contributed by atoms with E-state index in [1.807, 2.05) is 97.4 Å². The van der Waals surface area contributed by atoms with Crippen LogP contribution in [0.15, 0.2) is 83.9 Å². The Morgan fingerprint density at radius 3 is 2.37 bits per heavy atom. The maximum atomic E-state index is 13.4. The van der Waals surface area contributed by atoms with Gasteiger partial charge in [-0.2, -0.15) is 5.10 Å². The van der Waals surface area contributed by atoms with Crippen LogP contribution in [0.5, 0.6) is 0 Å². The van der Waals surface area contributed by atoms with Crippen molar-refractivity contribution in [3.05, 3.63) is 95.1 Å². The Morgan fingerprint density at radius 1 is 0.974 bits per heavy atom. The Kier molecular flexibility index (Phi) is 7.77. The summed E-state index contributed by atoms with van der Waals surface area (Å²) in [5, 5.41) is 9.87. The quantitative estimate of drug-likeness (QED) is 0.162. The highest BCUT2D eigenvalue weighted by Gasteiger charge is 2.25. The first-order valence-corrected chi connectivity index (χ1v) is 13.9. The number of nitrogens with one attached hydrogen (secondary N) is 1. The van der Waals surface area contributed by atoms with E-state index in [-0.39, 0.29) is 11.2 Å². The lowest BCUT2D eigenvalue weighted by Crippen LogP contribution is -2.25. The number of halogens is 1. The topological polar surface area (TPSA) is 72.7 Å². The number of carbonyl (C=O) groups is 1. The van der Waals surface area contributed by atoms with Gasteiger partial charge in [-0.05, 0) is 49.6 Å². The summed E-state index contributed by atoms with van der Waals surface area (Å²) in [7, 11) is 0. The SMILES string of the molecule is CCc1nn(-c2ccccc2)c2nc(-c3ccccc3)nc(SC(CC)C(=O)Nc3cccc(Cl)c3C)c12. The van der Waals surface area contributed by atoms with Gasteiger partial charge in [-0.1, -0.05) is 91.8 Å². The Morgan fingerprint density at radius 2 is 1.68 bits per heavy atom. The highest BCUT2D eigenvalue weighted by atomic mass is 35.5. The minimum absolute atomic E-state index is 0.0932. The fourth-order valence-corrected chi connectivity index (χ4v) is 5.51. The monoisotopic (exact) mass is 541 g/mol. The number of para-hydroxylation sites is 1. The summed E-state index contributed by atoms with van der Waals surface area (Å²) in [5.41, 5.74) is 5.01. The molecule has 8 heteroatoms. The Hall–Kier alpha value is -3.68. The minimum atomic E-state index is -0.375. The number of carbonyl (C=O) groups excluding carboxylic acids is 1. The molecule has 192 valence electrons. The van der Waals surface area contributed by atoms with Crippen LogP contribution >= 0.6 is 23.4 Å². The third-order valence-electron chi connectivity index (χ3n) is 6.38. The summed E-state index contributed by atoms with van der Waals surface area (Å²) < 4.78 is 1.88. The Balaban J connectivity index is 1.61. The lowest BCUT2D eigenvalue weighted by Gasteiger charge is -2.17. The van der Waals surface area contributed by atoms with Crippen molar-refractivity contribution in [1.29, 1.82) is 0 Å². The zero-order chi connectivity index (χ0) is 26.6. The Bertz CT molecular complexity index is 1590. The number of thioether (sulfide) groups is 1. The van der Waals surface area contributed by atoms with E-state index in [1.54, 1.807) is 0 Å².